The summed E-state index contributed by atoms with van der Waals surface area (Å²) >= 11 is 0. The van der Waals surface area contributed by atoms with Gasteiger partial charge in [-0.05, 0) is 38.1 Å². The summed E-state index contributed by atoms with van der Waals surface area (Å²) in [7, 11) is 0. The number of benzene rings is 2. The molecule has 0 bridgehead atoms. The molecule has 0 saturated carbocycles. The van der Waals surface area contributed by atoms with Gasteiger partial charge in [-0.15, -0.1) is 0 Å². The van der Waals surface area contributed by atoms with Crippen molar-refractivity contribution in [1.29, 1.82) is 0 Å². The van der Waals surface area contributed by atoms with Gasteiger partial charge in [0.2, 0.25) is 0 Å². The number of fused-ring (bicyclic) bond motifs is 1. The Labute approximate surface area is 127 Å². The fourth-order valence-electron chi connectivity index (χ4n) is 2.20. The zero-order valence-corrected chi connectivity index (χ0v) is 12.3. The first-order valence-corrected chi connectivity index (χ1v) is 6.92. The van der Waals surface area contributed by atoms with E-state index in [-0.39, 0.29) is 11.3 Å². The molecule has 0 spiro atoms. The second-order valence-corrected chi connectivity index (χ2v) is 5.25. The Morgan fingerprint density at radius 1 is 1.05 bits per heavy atom. The van der Waals surface area contributed by atoms with E-state index in [1.165, 1.54) is 6.21 Å². The van der Waals surface area contributed by atoms with Crippen LogP contribution in [0.25, 0.3) is 11.0 Å². The molecule has 3 rings (SSSR count). The number of hydrogen-bond acceptors (Lipinski definition) is 4. The summed E-state index contributed by atoms with van der Waals surface area (Å²) in [6.07, 6.45) is 1.34. The van der Waals surface area contributed by atoms with Crippen molar-refractivity contribution in [2.75, 3.05) is 0 Å². The fraction of sp³-hybridized carbons (Fsp3) is 0.111. The average molecular weight is 293 g/mol. The van der Waals surface area contributed by atoms with Gasteiger partial charge in [0.15, 0.2) is 0 Å². The molecule has 4 nitrogen and oxygen atoms in total. The molecule has 4 heteroatoms. The molecule has 1 N–H and O–H groups in total. The van der Waals surface area contributed by atoms with E-state index in [0.717, 1.165) is 11.1 Å². The molecule has 1 aromatic heterocycles. The van der Waals surface area contributed by atoms with Crippen molar-refractivity contribution in [3.8, 4) is 5.75 Å². The number of aryl methyl sites for hydroxylation is 2. The highest BCUT2D eigenvalue weighted by Crippen LogP contribution is 2.26. The third-order valence-corrected chi connectivity index (χ3v) is 3.44. The summed E-state index contributed by atoms with van der Waals surface area (Å²) in [5, 5.41) is 10.8. The first kappa shape index (κ1) is 14.1. The van der Waals surface area contributed by atoms with Gasteiger partial charge >= 0.3 is 5.63 Å². The monoisotopic (exact) mass is 293 g/mol. The van der Waals surface area contributed by atoms with Crippen molar-refractivity contribution in [1.82, 2.24) is 0 Å². The normalized spacial score (nSPS) is 11.4. The molecule has 2 aromatic carbocycles. The van der Waals surface area contributed by atoms with E-state index in [2.05, 4.69) is 4.99 Å². The minimum Gasteiger partial charge on any atom is -0.506 e. The maximum absolute atomic E-state index is 12.0. The summed E-state index contributed by atoms with van der Waals surface area (Å²) in [4.78, 5) is 16.2. The molecular formula is C18H15NO3. The Morgan fingerprint density at radius 2 is 1.73 bits per heavy atom. The Balaban J connectivity index is 2.10. The van der Waals surface area contributed by atoms with Gasteiger partial charge < -0.3 is 9.52 Å². The molecule has 0 unspecified atom stereocenters. The van der Waals surface area contributed by atoms with E-state index in [1.54, 1.807) is 12.1 Å². The topological polar surface area (TPSA) is 62.8 Å². The molecule has 110 valence electrons. The van der Waals surface area contributed by atoms with Gasteiger partial charge in [0.1, 0.15) is 16.9 Å². The van der Waals surface area contributed by atoms with Crippen LogP contribution in [0.5, 0.6) is 5.75 Å². The van der Waals surface area contributed by atoms with Crippen LogP contribution in [0.1, 0.15) is 16.7 Å². The maximum Gasteiger partial charge on any atom is 0.348 e. The van der Waals surface area contributed by atoms with Crippen molar-refractivity contribution >= 4 is 22.9 Å². The smallest absolute Gasteiger partial charge is 0.348 e. The van der Waals surface area contributed by atoms with E-state index in [4.69, 9.17) is 4.42 Å². The van der Waals surface area contributed by atoms with Crippen LogP contribution in [0.4, 0.5) is 5.69 Å². The molecule has 3 aromatic rings. The molecule has 0 amide bonds. The zero-order valence-electron chi connectivity index (χ0n) is 12.3. The van der Waals surface area contributed by atoms with Crippen LogP contribution in [0.2, 0.25) is 0 Å². The standard InChI is InChI=1S/C18H15NO3/c1-11-3-6-13(7-4-11)19-10-15-17(20)14-9-12(2)5-8-16(14)22-18(15)21/h3-10,20H,1-2H3. The summed E-state index contributed by atoms with van der Waals surface area (Å²) in [6.45, 7) is 3.89. The number of nitrogens with zero attached hydrogens (tertiary/aromatic N) is 1. The molecule has 0 atom stereocenters. The van der Waals surface area contributed by atoms with Crippen molar-refractivity contribution in [2.45, 2.75) is 13.8 Å². The average Bonchev–Trinajstić information content (AvgIpc) is 2.50. The van der Waals surface area contributed by atoms with Crippen LogP contribution < -0.4 is 5.63 Å². The van der Waals surface area contributed by atoms with Crippen LogP contribution in [0.15, 0.2) is 56.7 Å². The molecular weight excluding hydrogens is 278 g/mol. The summed E-state index contributed by atoms with van der Waals surface area (Å²) in [6, 6.07) is 12.8. The Hall–Kier alpha value is -2.88. The van der Waals surface area contributed by atoms with Crippen LogP contribution >= 0.6 is 0 Å². The van der Waals surface area contributed by atoms with Crippen molar-refractivity contribution in [3.63, 3.8) is 0 Å². The fourth-order valence-corrected chi connectivity index (χ4v) is 2.20. The quantitative estimate of drug-likeness (QED) is 0.576. The predicted molar refractivity (Wildman–Crippen MR) is 87.3 cm³/mol. The van der Waals surface area contributed by atoms with Crippen LogP contribution in [-0.4, -0.2) is 11.3 Å². The second kappa shape index (κ2) is 5.48. The largest absolute Gasteiger partial charge is 0.506 e. The minimum atomic E-state index is -0.607. The van der Waals surface area contributed by atoms with Crippen LogP contribution in [0, 0.1) is 13.8 Å². The van der Waals surface area contributed by atoms with Gasteiger partial charge in [-0.3, -0.25) is 4.99 Å². The molecule has 0 saturated heterocycles. The number of hydrogen-bond donors (Lipinski definition) is 1. The van der Waals surface area contributed by atoms with Gasteiger partial charge in [0, 0.05) is 6.21 Å². The Bertz CT molecular complexity index is 921. The van der Waals surface area contributed by atoms with Gasteiger partial charge in [0.05, 0.1) is 11.1 Å². The van der Waals surface area contributed by atoms with E-state index in [0.29, 0.717) is 16.7 Å². The number of aliphatic imine (C=N–C) groups is 1. The third-order valence-electron chi connectivity index (χ3n) is 3.44. The Morgan fingerprint density at radius 3 is 2.45 bits per heavy atom. The van der Waals surface area contributed by atoms with Crippen LogP contribution in [0.3, 0.4) is 0 Å². The van der Waals surface area contributed by atoms with Crippen molar-refractivity contribution in [3.05, 3.63) is 69.6 Å². The SMILES string of the molecule is Cc1ccc(N=Cc2c(O)c3cc(C)ccc3oc2=O)cc1. The van der Waals surface area contributed by atoms with Gasteiger partial charge in [-0.1, -0.05) is 29.3 Å². The van der Waals surface area contributed by atoms with Crippen molar-refractivity contribution in [2.24, 2.45) is 4.99 Å². The van der Waals surface area contributed by atoms with Gasteiger partial charge in [0.25, 0.3) is 0 Å². The molecule has 0 aliphatic carbocycles. The summed E-state index contributed by atoms with van der Waals surface area (Å²) in [5.41, 5.74) is 2.61. The van der Waals surface area contributed by atoms with Crippen LogP contribution in [-0.2, 0) is 0 Å². The van der Waals surface area contributed by atoms with E-state index >= 15 is 0 Å². The molecule has 1 heterocycles. The van der Waals surface area contributed by atoms with Crippen molar-refractivity contribution < 1.29 is 9.52 Å². The lowest BCUT2D eigenvalue weighted by Gasteiger charge is -2.03. The molecule has 0 aliphatic rings. The van der Waals surface area contributed by atoms with E-state index in [1.807, 2.05) is 44.2 Å². The number of aromatic hydroxyl groups is 1. The number of rotatable bonds is 2. The van der Waals surface area contributed by atoms with E-state index < -0.39 is 5.63 Å². The lowest BCUT2D eigenvalue weighted by atomic mass is 10.1. The first-order chi connectivity index (χ1) is 10.5. The Kier molecular flexibility index (Phi) is 3.51. The highest BCUT2D eigenvalue weighted by Gasteiger charge is 2.12. The maximum atomic E-state index is 12.0. The molecule has 0 fully saturated rings. The minimum absolute atomic E-state index is 0.0543. The molecule has 0 radical (unpaired) electrons. The third kappa shape index (κ3) is 2.63. The molecule has 22 heavy (non-hydrogen) atoms. The second-order valence-electron chi connectivity index (χ2n) is 5.25. The lowest BCUT2D eigenvalue weighted by Crippen LogP contribution is -2.07. The summed E-state index contributed by atoms with van der Waals surface area (Å²) in [5.74, 6) is -0.106. The zero-order chi connectivity index (χ0) is 15.7. The highest BCUT2D eigenvalue weighted by atomic mass is 16.4. The van der Waals surface area contributed by atoms with Gasteiger partial charge in [-0.2, -0.15) is 0 Å². The predicted octanol–water partition coefficient (Wildman–Crippen LogP) is 3.87. The lowest BCUT2D eigenvalue weighted by molar-refractivity contribution is 0.466. The molecule has 0 aliphatic heterocycles. The van der Waals surface area contributed by atoms with Gasteiger partial charge in [-0.25, -0.2) is 4.79 Å². The van der Waals surface area contributed by atoms with E-state index in [9.17, 15) is 9.90 Å². The first-order valence-electron chi connectivity index (χ1n) is 6.92. The summed E-state index contributed by atoms with van der Waals surface area (Å²) < 4.78 is 5.23. The highest BCUT2D eigenvalue weighted by molar-refractivity contribution is 5.94.